The molecule has 0 radical (unpaired) electrons. The van der Waals surface area contributed by atoms with Gasteiger partial charge in [0.25, 0.3) is 0 Å². The zero-order valence-corrected chi connectivity index (χ0v) is 15.8. The summed E-state index contributed by atoms with van der Waals surface area (Å²) in [5, 5.41) is 4.07. The number of anilines is 2. The van der Waals surface area contributed by atoms with Gasteiger partial charge in [-0.15, -0.1) is 0 Å². The van der Waals surface area contributed by atoms with Crippen molar-refractivity contribution in [3.05, 3.63) is 59.1 Å². The van der Waals surface area contributed by atoms with Crippen molar-refractivity contribution in [2.45, 2.75) is 0 Å². The molecule has 1 aliphatic heterocycles. The third-order valence-corrected chi connectivity index (χ3v) is 4.75. The zero-order valence-electron chi connectivity index (χ0n) is 15.1. The maximum Gasteiger partial charge on any atom is 0.141 e. The summed E-state index contributed by atoms with van der Waals surface area (Å²) < 4.78 is 18.7. The number of halogens is 2. The van der Waals surface area contributed by atoms with Crippen LogP contribution >= 0.6 is 11.6 Å². The second-order valence-corrected chi connectivity index (χ2v) is 6.81. The summed E-state index contributed by atoms with van der Waals surface area (Å²) in [6.07, 6.45) is 1.49. The number of fused-ring (bicyclic) bond motifs is 1. The zero-order chi connectivity index (χ0) is 19.3. The van der Waals surface area contributed by atoms with Gasteiger partial charge in [-0.05, 0) is 36.4 Å². The molecular weight excluding hydrogens is 379 g/mol. The number of morpholine rings is 1. The van der Waals surface area contributed by atoms with Crippen molar-refractivity contribution in [1.82, 2.24) is 14.9 Å². The summed E-state index contributed by atoms with van der Waals surface area (Å²) >= 11 is 5.87. The van der Waals surface area contributed by atoms with Crippen molar-refractivity contribution in [3.8, 4) is 11.8 Å². The molecule has 2 heterocycles. The summed E-state index contributed by atoms with van der Waals surface area (Å²) in [6.45, 7) is 4.06. The molecule has 0 amide bonds. The maximum absolute atomic E-state index is 13.4. The molecule has 1 fully saturated rings. The van der Waals surface area contributed by atoms with Gasteiger partial charge < -0.3 is 10.1 Å². The lowest BCUT2D eigenvalue weighted by molar-refractivity contribution is 0.0443. The number of nitrogens with one attached hydrogen (secondary N) is 1. The second kappa shape index (κ2) is 8.53. The Labute approximate surface area is 167 Å². The first-order valence-electron chi connectivity index (χ1n) is 8.95. The van der Waals surface area contributed by atoms with Crippen LogP contribution < -0.4 is 5.32 Å². The molecule has 0 bridgehead atoms. The maximum atomic E-state index is 13.4. The lowest BCUT2D eigenvalue weighted by Gasteiger charge is -2.24. The van der Waals surface area contributed by atoms with Crippen LogP contribution in [-0.2, 0) is 4.74 Å². The Morgan fingerprint density at radius 1 is 1.14 bits per heavy atom. The molecule has 1 saturated heterocycles. The van der Waals surface area contributed by atoms with E-state index in [1.165, 1.54) is 18.5 Å². The molecule has 1 N–H and O–H groups in total. The summed E-state index contributed by atoms with van der Waals surface area (Å²) in [5.74, 6) is 6.58. The van der Waals surface area contributed by atoms with Crippen molar-refractivity contribution < 1.29 is 9.13 Å². The van der Waals surface area contributed by atoms with Gasteiger partial charge in [-0.25, -0.2) is 14.4 Å². The highest BCUT2D eigenvalue weighted by molar-refractivity contribution is 6.31. The standard InChI is InChI=1S/C21H18ClFN4O/c22-18-13-16(4-5-19(18)23)26-21-17-12-15(3-6-20(17)24-14-25-21)2-1-7-27-8-10-28-11-9-27/h3-6,12-14H,7-11H2,(H,24,25,26). The third-order valence-electron chi connectivity index (χ3n) is 4.46. The number of benzene rings is 2. The highest BCUT2D eigenvalue weighted by atomic mass is 35.5. The molecule has 0 spiro atoms. The van der Waals surface area contributed by atoms with Gasteiger partial charge in [0.05, 0.1) is 30.3 Å². The predicted octanol–water partition coefficient (Wildman–Crippen LogP) is 3.85. The van der Waals surface area contributed by atoms with Crippen molar-refractivity contribution in [1.29, 1.82) is 0 Å². The quantitative estimate of drug-likeness (QED) is 0.681. The first-order chi connectivity index (χ1) is 13.7. The van der Waals surface area contributed by atoms with Crippen LogP contribution in [0.2, 0.25) is 5.02 Å². The minimum absolute atomic E-state index is 0.0537. The molecule has 1 aromatic heterocycles. The van der Waals surface area contributed by atoms with Gasteiger partial charge >= 0.3 is 0 Å². The summed E-state index contributed by atoms with van der Waals surface area (Å²) in [6, 6.07) is 10.3. The van der Waals surface area contributed by atoms with Crippen molar-refractivity contribution >= 4 is 34.0 Å². The molecule has 28 heavy (non-hydrogen) atoms. The molecular formula is C21H18ClFN4O. The van der Waals surface area contributed by atoms with Crippen LogP contribution in [-0.4, -0.2) is 47.7 Å². The number of hydrogen-bond donors (Lipinski definition) is 1. The van der Waals surface area contributed by atoms with Crippen molar-refractivity contribution in [2.75, 3.05) is 38.2 Å². The van der Waals surface area contributed by atoms with Crippen LogP contribution in [0.15, 0.2) is 42.7 Å². The molecule has 0 unspecified atom stereocenters. The van der Waals surface area contributed by atoms with Gasteiger partial charge in [0.1, 0.15) is 18.0 Å². The summed E-state index contributed by atoms with van der Waals surface area (Å²) in [7, 11) is 0. The highest BCUT2D eigenvalue weighted by Crippen LogP contribution is 2.26. The number of nitrogens with zero attached hydrogens (tertiary/aromatic N) is 3. The molecule has 1 aliphatic rings. The van der Waals surface area contributed by atoms with E-state index in [2.05, 4.69) is 32.0 Å². The molecule has 3 aromatic rings. The van der Waals surface area contributed by atoms with Gasteiger partial charge in [0.2, 0.25) is 0 Å². The average molecular weight is 397 g/mol. The second-order valence-electron chi connectivity index (χ2n) is 6.40. The van der Waals surface area contributed by atoms with E-state index in [1.54, 1.807) is 6.07 Å². The van der Waals surface area contributed by atoms with Crippen LogP contribution in [0, 0.1) is 17.7 Å². The number of hydrogen-bond acceptors (Lipinski definition) is 5. The molecule has 5 nitrogen and oxygen atoms in total. The van der Waals surface area contributed by atoms with E-state index in [1.807, 2.05) is 18.2 Å². The Balaban J connectivity index is 1.57. The van der Waals surface area contributed by atoms with Crippen LogP contribution in [0.5, 0.6) is 0 Å². The van der Waals surface area contributed by atoms with Crippen LogP contribution in [0.4, 0.5) is 15.9 Å². The third kappa shape index (κ3) is 4.39. The molecule has 2 aromatic carbocycles. The molecule has 142 valence electrons. The first-order valence-corrected chi connectivity index (χ1v) is 9.33. The Morgan fingerprint density at radius 2 is 2.00 bits per heavy atom. The van der Waals surface area contributed by atoms with E-state index < -0.39 is 5.82 Å². The topological polar surface area (TPSA) is 50.3 Å². The molecule has 4 rings (SSSR count). The van der Waals surface area contributed by atoms with Gasteiger partial charge in [-0.2, -0.15) is 0 Å². The summed E-state index contributed by atoms with van der Waals surface area (Å²) in [4.78, 5) is 10.9. The molecule has 0 aliphatic carbocycles. The van der Waals surface area contributed by atoms with E-state index in [-0.39, 0.29) is 5.02 Å². The smallest absolute Gasteiger partial charge is 0.141 e. The molecule has 7 heteroatoms. The fourth-order valence-electron chi connectivity index (χ4n) is 2.96. The van der Waals surface area contributed by atoms with Crippen LogP contribution in [0.1, 0.15) is 5.56 Å². The van der Waals surface area contributed by atoms with Gasteiger partial charge in [-0.3, -0.25) is 4.90 Å². The lowest BCUT2D eigenvalue weighted by atomic mass is 10.1. The Kier molecular flexibility index (Phi) is 5.68. The Hall–Kier alpha value is -2.72. The first kappa shape index (κ1) is 18.6. The fraction of sp³-hybridized carbons (Fsp3) is 0.238. The Bertz CT molecular complexity index is 1060. The van der Waals surface area contributed by atoms with Crippen LogP contribution in [0.3, 0.4) is 0 Å². The van der Waals surface area contributed by atoms with Gasteiger partial charge in [0.15, 0.2) is 0 Å². The molecule has 0 atom stereocenters. The minimum Gasteiger partial charge on any atom is -0.379 e. The highest BCUT2D eigenvalue weighted by Gasteiger charge is 2.09. The largest absolute Gasteiger partial charge is 0.379 e. The normalized spacial score (nSPS) is 14.5. The fourth-order valence-corrected chi connectivity index (χ4v) is 3.14. The predicted molar refractivity (Wildman–Crippen MR) is 108 cm³/mol. The number of rotatable bonds is 3. The van der Waals surface area contributed by atoms with Gasteiger partial charge in [-0.1, -0.05) is 23.4 Å². The van der Waals surface area contributed by atoms with E-state index in [0.29, 0.717) is 18.1 Å². The van der Waals surface area contributed by atoms with Gasteiger partial charge in [0, 0.05) is 29.7 Å². The van der Waals surface area contributed by atoms with Crippen LogP contribution in [0.25, 0.3) is 10.9 Å². The van der Waals surface area contributed by atoms with Crippen molar-refractivity contribution in [2.24, 2.45) is 0 Å². The summed E-state index contributed by atoms with van der Waals surface area (Å²) in [5.41, 5.74) is 2.33. The monoisotopic (exact) mass is 396 g/mol. The Morgan fingerprint density at radius 3 is 2.82 bits per heavy atom. The van der Waals surface area contributed by atoms with E-state index in [9.17, 15) is 4.39 Å². The number of aromatic nitrogens is 2. The average Bonchev–Trinajstić information content (AvgIpc) is 2.72. The van der Waals surface area contributed by atoms with E-state index in [4.69, 9.17) is 16.3 Å². The molecule has 0 saturated carbocycles. The minimum atomic E-state index is -0.461. The van der Waals surface area contributed by atoms with E-state index in [0.717, 1.165) is 42.8 Å². The lowest BCUT2D eigenvalue weighted by Crippen LogP contribution is -2.36. The van der Waals surface area contributed by atoms with Crippen molar-refractivity contribution in [3.63, 3.8) is 0 Å². The van der Waals surface area contributed by atoms with E-state index >= 15 is 0 Å². The number of ether oxygens (including phenoxy) is 1. The SMILES string of the molecule is Fc1ccc(Nc2ncnc3ccc(C#CCN4CCOCC4)cc23)cc1Cl.